The van der Waals surface area contributed by atoms with E-state index in [1.165, 1.54) is 31.1 Å². The lowest BCUT2D eigenvalue weighted by molar-refractivity contribution is 0.348. The van der Waals surface area contributed by atoms with Crippen molar-refractivity contribution >= 4 is 16.6 Å². The molecule has 2 saturated carbocycles. The summed E-state index contributed by atoms with van der Waals surface area (Å²) in [5.74, 6) is 2.85. The highest BCUT2D eigenvalue weighted by Crippen LogP contribution is 2.48. The molecule has 0 aliphatic heterocycles. The van der Waals surface area contributed by atoms with Crippen LogP contribution >= 0.6 is 0 Å². The average Bonchev–Trinajstić information content (AvgIpc) is 3.07. The first kappa shape index (κ1) is 11.2. The third kappa shape index (κ3) is 1.97. The van der Waals surface area contributed by atoms with Gasteiger partial charge in [-0.1, -0.05) is 24.6 Å². The zero-order valence-electron chi connectivity index (χ0n) is 11.0. The van der Waals surface area contributed by atoms with E-state index < -0.39 is 0 Å². The highest BCUT2D eigenvalue weighted by Gasteiger charge is 2.39. The van der Waals surface area contributed by atoms with E-state index in [0.29, 0.717) is 0 Å². The summed E-state index contributed by atoms with van der Waals surface area (Å²) >= 11 is 0. The molecule has 4 rings (SSSR count). The number of nitrogens with zero attached hydrogens (tertiary/aromatic N) is 2. The van der Waals surface area contributed by atoms with Gasteiger partial charge in [0.05, 0.1) is 17.4 Å². The van der Waals surface area contributed by atoms with Crippen LogP contribution in [0.15, 0.2) is 30.5 Å². The summed E-state index contributed by atoms with van der Waals surface area (Å²) < 4.78 is 0. The van der Waals surface area contributed by atoms with Crippen molar-refractivity contribution in [1.82, 2.24) is 10.2 Å². The lowest BCUT2D eigenvalue weighted by Gasteiger charge is -2.22. The van der Waals surface area contributed by atoms with Crippen LogP contribution in [0, 0.1) is 17.8 Å². The van der Waals surface area contributed by atoms with E-state index in [2.05, 4.69) is 27.6 Å². The van der Waals surface area contributed by atoms with Crippen molar-refractivity contribution in [2.24, 2.45) is 17.8 Å². The van der Waals surface area contributed by atoms with E-state index in [9.17, 15) is 0 Å². The molecule has 2 aromatic rings. The molecule has 3 nitrogen and oxygen atoms in total. The Morgan fingerprint density at radius 3 is 2.95 bits per heavy atom. The second-order valence-electron chi connectivity index (χ2n) is 6.09. The minimum absolute atomic E-state index is 0.866. The Morgan fingerprint density at radius 1 is 1.16 bits per heavy atom. The molecular weight excluding hydrogens is 234 g/mol. The molecule has 2 aliphatic rings. The Bertz CT molecular complexity index is 590. The number of aromatic nitrogens is 2. The van der Waals surface area contributed by atoms with Crippen molar-refractivity contribution in [1.29, 1.82) is 0 Å². The standard InChI is InChI=1S/C16H19N3/c1-2-4-15-14(3-1)16(10-18-19-15)17-9-13-8-11-5-6-12(13)7-11/h1-4,10-13H,5-9H2,(H,17,19). The molecule has 2 fully saturated rings. The van der Waals surface area contributed by atoms with Crippen molar-refractivity contribution in [2.45, 2.75) is 25.7 Å². The summed E-state index contributed by atoms with van der Waals surface area (Å²) in [6, 6.07) is 8.21. The number of nitrogens with one attached hydrogen (secondary N) is 1. The van der Waals surface area contributed by atoms with Crippen molar-refractivity contribution in [3.63, 3.8) is 0 Å². The van der Waals surface area contributed by atoms with Crippen LogP contribution in [0.3, 0.4) is 0 Å². The van der Waals surface area contributed by atoms with E-state index in [4.69, 9.17) is 0 Å². The molecule has 1 N–H and O–H groups in total. The fourth-order valence-corrected chi connectivity index (χ4v) is 4.02. The topological polar surface area (TPSA) is 37.8 Å². The Labute approximate surface area is 113 Å². The number of hydrogen-bond acceptors (Lipinski definition) is 3. The minimum atomic E-state index is 0.866. The summed E-state index contributed by atoms with van der Waals surface area (Å²) in [5, 5.41) is 13.1. The van der Waals surface area contributed by atoms with Crippen molar-refractivity contribution < 1.29 is 0 Å². The molecule has 1 aromatic carbocycles. The summed E-state index contributed by atoms with van der Waals surface area (Å²) in [7, 11) is 0. The third-order valence-electron chi connectivity index (χ3n) is 4.99. The Hall–Kier alpha value is -1.64. The molecule has 19 heavy (non-hydrogen) atoms. The first-order valence-corrected chi connectivity index (χ1v) is 7.34. The zero-order valence-corrected chi connectivity index (χ0v) is 11.0. The van der Waals surface area contributed by atoms with Gasteiger partial charge in [0, 0.05) is 11.9 Å². The number of anilines is 1. The highest BCUT2D eigenvalue weighted by molar-refractivity contribution is 5.90. The van der Waals surface area contributed by atoms with Gasteiger partial charge in [-0.05, 0) is 43.1 Å². The molecule has 1 aromatic heterocycles. The van der Waals surface area contributed by atoms with E-state index in [0.717, 1.165) is 35.5 Å². The van der Waals surface area contributed by atoms with Crippen LogP contribution in [0.4, 0.5) is 5.69 Å². The molecule has 2 bridgehead atoms. The molecular formula is C16H19N3. The maximum absolute atomic E-state index is 4.17. The van der Waals surface area contributed by atoms with E-state index >= 15 is 0 Å². The quantitative estimate of drug-likeness (QED) is 0.910. The van der Waals surface area contributed by atoms with Gasteiger partial charge in [-0.25, -0.2) is 0 Å². The van der Waals surface area contributed by atoms with Gasteiger partial charge in [-0.15, -0.1) is 0 Å². The first-order chi connectivity index (χ1) is 9.40. The van der Waals surface area contributed by atoms with E-state index in [-0.39, 0.29) is 0 Å². The van der Waals surface area contributed by atoms with Gasteiger partial charge in [-0.3, -0.25) is 0 Å². The number of fused-ring (bicyclic) bond motifs is 3. The maximum Gasteiger partial charge on any atom is 0.0950 e. The molecule has 0 radical (unpaired) electrons. The van der Waals surface area contributed by atoms with E-state index in [1.807, 2.05) is 18.3 Å². The molecule has 2 aliphatic carbocycles. The van der Waals surface area contributed by atoms with Gasteiger partial charge >= 0.3 is 0 Å². The largest absolute Gasteiger partial charge is 0.383 e. The monoisotopic (exact) mass is 253 g/mol. The van der Waals surface area contributed by atoms with Crippen molar-refractivity contribution in [3.05, 3.63) is 30.5 Å². The van der Waals surface area contributed by atoms with Gasteiger partial charge in [0.1, 0.15) is 0 Å². The SMILES string of the molecule is c1ccc2c(NCC3CC4CCC3C4)cnnc2c1. The van der Waals surface area contributed by atoms with Crippen LogP contribution in [0.5, 0.6) is 0 Å². The second kappa shape index (κ2) is 4.48. The predicted molar refractivity (Wildman–Crippen MR) is 77.0 cm³/mol. The fraction of sp³-hybridized carbons (Fsp3) is 0.500. The van der Waals surface area contributed by atoms with Crippen LogP contribution in [0.2, 0.25) is 0 Å². The molecule has 3 atom stereocenters. The van der Waals surface area contributed by atoms with Crippen molar-refractivity contribution in [3.8, 4) is 0 Å². The molecule has 3 unspecified atom stereocenters. The second-order valence-corrected chi connectivity index (χ2v) is 6.09. The lowest BCUT2D eigenvalue weighted by Crippen LogP contribution is -2.20. The molecule has 1 heterocycles. The minimum Gasteiger partial charge on any atom is -0.383 e. The Morgan fingerprint density at radius 2 is 2.11 bits per heavy atom. The molecule has 98 valence electrons. The highest BCUT2D eigenvalue weighted by atomic mass is 15.1. The van der Waals surface area contributed by atoms with Crippen LogP contribution in [-0.4, -0.2) is 16.7 Å². The fourth-order valence-electron chi connectivity index (χ4n) is 4.02. The van der Waals surface area contributed by atoms with Gasteiger partial charge in [-0.2, -0.15) is 10.2 Å². The molecule has 0 amide bonds. The average molecular weight is 253 g/mol. The van der Waals surface area contributed by atoms with Crippen LogP contribution in [-0.2, 0) is 0 Å². The van der Waals surface area contributed by atoms with Crippen molar-refractivity contribution in [2.75, 3.05) is 11.9 Å². The van der Waals surface area contributed by atoms with Gasteiger partial charge in [0.25, 0.3) is 0 Å². The zero-order chi connectivity index (χ0) is 12.7. The molecule has 0 saturated heterocycles. The normalized spacial score (nSPS) is 28.9. The smallest absolute Gasteiger partial charge is 0.0950 e. The van der Waals surface area contributed by atoms with Gasteiger partial charge < -0.3 is 5.32 Å². The summed E-state index contributed by atoms with van der Waals surface area (Å²) in [6.07, 6.45) is 7.68. The summed E-state index contributed by atoms with van der Waals surface area (Å²) in [4.78, 5) is 0. The van der Waals surface area contributed by atoms with Crippen LogP contribution in [0.1, 0.15) is 25.7 Å². The van der Waals surface area contributed by atoms with Gasteiger partial charge in [0.2, 0.25) is 0 Å². The Kier molecular flexibility index (Phi) is 2.64. The first-order valence-electron chi connectivity index (χ1n) is 7.34. The number of rotatable bonds is 3. The number of hydrogen-bond donors (Lipinski definition) is 1. The lowest BCUT2D eigenvalue weighted by atomic mass is 9.89. The van der Waals surface area contributed by atoms with Gasteiger partial charge in [0.15, 0.2) is 0 Å². The molecule has 0 spiro atoms. The Balaban J connectivity index is 1.52. The predicted octanol–water partition coefficient (Wildman–Crippen LogP) is 3.48. The molecule has 3 heteroatoms. The third-order valence-corrected chi connectivity index (χ3v) is 4.99. The van der Waals surface area contributed by atoms with Crippen LogP contribution in [0.25, 0.3) is 10.9 Å². The maximum atomic E-state index is 4.17. The summed E-state index contributed by atoms with van der Waals surface area (Å²) in [6.45, 7) is 1.09. The number of benzene rings is 1. The van der Waals surface area contributed by atoms with Crippen LogP contribution < -0.4 is 5.32 Å². The summed E-state index contributed by atoms with van der Waals surface area (Å²) in [5.41, 5.74) is 2.11. The van der Waals surface area contributed by atoms with E-state index in [1.54, 1.807) is 0 Å².